The summed E-state index contributed by atoms with van der Waals surface area (Å²) in [6.45, 7) is 0.199. The maximum absolute atomic E-state index is 13.0. The molecule has 0 unspecified atom stereocenters. The molecule has 6 nitrogen and oxygen atoms in total. The summed E-state index contributed by atoms with van der Waals surface area (Å²) in [6.07, 6.45) is 1.75. The second-order valence-electron chi connectivity index (χ2n) is 6.02. The Labute approximate surface area is 148 Å². The number of carbonyl (C=O) groups is 1. The van der Waals surface area contributed by atoms with Crippen molar-refractivity contribution in [3.05, 3.63) is 65.7 Å². The van der Waals surface area contributed by atoms with E-state index in [1.807, 2.05) is 18.2 Å². The van der Waals surface area contributed by atoms with Crippen molar-refractivity contribution in [3.8, 4) is 22.8 Å². The summed E-state index contributed by atoms with van der Waals surface area (Å²) < 4.78 is 27.0. The van der Waals surface area contributed by atoms with E-state index in [4.69, 9.17) is 14.9 Å². The fourth-order valence-corrected chi connectivity index (χ4v) is 2.93. The van der Waals surface area contributed by atoms with Crippen LogP contribution in [0, 0.1) is 11.2 Å². The Balaban J connectivity index is 1.65. The second-order valence-corrected chi connectivity index (χ2v) is 6.02. The van der Waals surface area contributed by atoms with Crippen molar-refractivity contribution in [1.29, 1.82) is 5.41 Å². The molecule has 7 heteroatoms. The van der Waals surface area contributed by atoms with Gasteiger partial charge in [0.2, 0.25) is 12.4 Å². The zero-order valence-corrected chi connectivity index (χ0v) is 14.0. The molecule has 1 aliphatic heterocycles. The summed E-state index contributed by atoms with van der Waals surface area (Å²) in [4.78, 5) is 12.4. The molecule has 0 saturated heterocycles. The van der Waals surface area contributed by atoms with Gasteiger partial charge in [0.25, 0.3) is 0 Å². The van der Waals surface area contributed by atoms with E-state index in [9.17, 15) is 9.18 Å². The number of carbonyl (C=O) groups excluding carboxylic acids is 1. The van der Waals surface area contributed by atoms with Crippen molar-refractivity contribution < 1.29 is 18.7 Å². The highest BCUT2D eigenvalue weighted by atomic mass is 19.1. The molecule has 0 spiro atoms. The van der Waals surface area contributed by atoms with Gasteiger partial charge < -0.3 is 18.6 Å². The highest BCUT2D eigenvalue weighted by Gasteiger charge is 2.17. The first-order valence-corrected chi connectivity index (χ1v) is 8.02. The minimum atomic E-state index is -0.389. The molecule has 0 saturated carbocycles. The van der Waals surface area contributed by atoms with Crippen molar-refractivity contribution in [2.45, 2.75) is 6.54 Å². The van der Waals surface area contributed by atoms with E-state index in [-0.39, 0.29) is 30.6 Å². The number of benzene rings is 2. The third-order valence-electron chi connectivity index (χ3n) is 4.38. The average molecular weight is 353 g/mol. The van der Waals surface area contributed by atoms with Crippen molar-refractivity contribution in [1.82, 2.24) is 9.13 Å². The van der Waals surface area contributed by atoms with Crippen LogP contribution >= 0.6 is 0 Å². The quantitative estimate of drug-likeness (QED) is 0.733. The fourth-order valence-electron chi connectivity index (χ4n) is 2.93. The first kappa shape index (κ1) is 16.1. The Bertz CT molecular complexity index is 1050. The molecule has 1 aromatic heterocycles. The summed E-state index contributed by atoms with van der Waals surface area (Å²) >= 11 is 0. The number of aromatic nitrogens is 2. The van der Waals surface area contributed by atoms with Crippen LogP contribution in [0.15, 0.2) is 48.7 Å². The number of imidazole rings is 1. The first-order valence-electron chi connectivity index (χ1n) is 8.02. The van der Waals surface area contributed by atoms with Gasteiger partial charge in [-0.15, -0.1) is 0 Å². The molecule has 0 bridgehead atoms. The number of rotatable bonds is 4. The van der Waals surface area contributed by atoms with Gasteiger partial charge in [0.1, 0.15) is 5.82 Å². The van der Waals surface area contributed by atoms with Gasteiger partial charge in [0.05, 0.1) is 12.2 Å². The lowest BCUT2D eigenvalue weighted by molar-refractivity contribution is 0.0970. The van der Waals surface area contributed by atoms with Crippen LogP contribution in [-0.2, 0) is 13.6 Å². The number of hydrogen-bond acceptors (Lipinski definition) is 4. The molecule has 3 aromatic rings. The van der Waals surface area contributed by atoms with Crippen LogP contribution in [0.3, 0.4) is 0 Å². The van der Waals surface area contributed by atoms with Gasteiger partial charge in [0.15, 0.2) is 17.3 Å². The highest BCUT2D eigenvalue weighted by molar-refractivity contribution is 5.95. The van der Waals surface area contributed by atoms with Crippen LogP contribution in [0.4, 0.5) is 4.39 Å². The zero-order valence-electron chi connectivity index (χ0n) is 14.0. The summed E-state index contributed by atoms with van der Waals surface area (Å²) in [5.41, 5.74) is 2.23. The lowest BCUT2D eigenvalue weighted by Crippen LogP contribution is -2.25. The number of Topliss-reactive ketones (excluding diaryl/α,β-unsaturated/α-hetero) is 1. The van der Waals surface area contributed by atoms with E-state index >= 15 is 0 Å². The summed E-state index contributed by atoms with van der Waals surface area (Å²) in [6, 6.07) is 11.0. The molecular formula is C19H16FN3O3. The maximum Gasteiger partial charge on any atom is 0.231 e. The van der Waals surface area contributed by atoms with Gasteiger partial charge in [-0.05, 0) is 42.5 Å². The SMILES string of the molecule is Cn1c(-c2ccc3c(c2)OCO3)cn(CC(=O)c2ccc(F)cc2)c1=N. The number of hydrogen-bond donors (Lipinski definition) is 1. The molecule has 2 heterocycles. The number of nitrogens with zero attached hydrogens (tertiary/aromatic N) is 2. The molecule has 0 amide bonds. The van der Waals surface area contributed by atoms with Crippen LogP contribution in [-0.4, -0.2) is 21.7 Å². The van der Waals surface area contributed by atoms with Crippen molar-refractivity contribution in [3.63, 3.8) is 0 Å². The number of ketones is 1. The van der Waals surface area contributed by atoms with E-state index in [1.165, 1.54) is 24.3 Å². The van der Waals surface area contributed by atoms with E-state index in [0.717, 1.165) is 11.3 Å². The van der Waals surface area contributed by atoms with Crippen LogP contribution in [0.25, 0.3) is 11.3 Å². The van der Waals surface area contributed by atoms with Crippen LogP contribution in [0.2, 0.25) is 0 Å². The molecule has 0 radical (unpaired) electrons. The highest BCUT2D eigenvalue weighted by Crippen LogP contribution is 2.35. The number of nitrogens with one attached hydrogen (secondary N) is 1. The van der Waals surface area contributed by atoms with Gasteiger partial charge in [0, 0.05) is 24.4 Å². The van der Waals surface area contributed by atoms with E-state index in [2.05, 4.69) is 0 Å². The predicted molar refractivity (Wildman–Crippen MR) is 91.5 cm³/mol. The van der Waals surface area contributed by atoms with Crippen molar-refractivity contribution in [2.75, 3.05) is 6.79 Å². The molecular weight excluding hydrogens is 337 g/mol. The van der Waals surface area contributed by atoms with E-state index < -0.39 is 0 Å². The van der Waals surface area contributed by atoms with E-state index in [1.54, 1.807) is 22.4 Å². The molecule has 0 aliphatic carbocycles. The molecule has 0 atom stereocenters. The maximum atomic E-state index is 13.0. The summed E-state index contributed by atoms with van der Waals surface area (Å²) in [5.74, 6) is 0.768. The average Bonchev–Trinajstić information content (AvgIpc) is 3.21. The smallest absolute Gasteiger partial charge is 0.231 e. The molecule has 1 aliphatic rings. The summed E-state index contributed by atoms with van der Waals surface area (Å²) in [5, 5.41) is 8.27. The molecule has 2 aromatic carbocycles. The van der Waals surface area contributed by atoms with Gasteiger partial charge in [-0.1, -0.05) is 0 Å². The molecule has 132 valence electrons. The lowest BCUT2D eigenvalue weighted by Gasteiger charge is -2.03. The Morgan fingerprint density at radius 3 is 2.65 bits per heavy atom. The van der Waals surface area contributed by atoms with Crippen LogP contribution < -0.4 is 15.1 Å². The predicted octanol–water partition coefficient (Wildman–Crippen LogP) is 2.72. The first-order chi connectivity index (χ1) is 12.5. The molecule has 0 fully saturated rings. The Kier molecular flexibility index (Phi) is 3.84. The van der Waals surface area contributed by atoms with Gasteiger partial charge >= 0.3 is 0 Å². The van der Waals surface area contributed by atoms with Crippen molar-refractivity contribution >= 4 is 5.78 Å². The molecule has 1 N–H and O–H groups in total. The number of fused-ring (bicyclic) bond motifs is 1. The third kappa shape index (κ3) is 2.77. The van der Waals surface area contributed by atoms with Gasteiger partial charge in [-0.25, -0.2) is 4.39 Å². The van der Waals surface area contributed by atoms with Gasteiger partial charge in [-0.3, -0.25) is 10.2 Å². The third-order valence-corrected chi connectivity index (χ3v) is 4.38. The minimum Gasteiger partial charge on any atom is -0.454 e. The fraction of sp³-hybridized carbons (Fsp3) is 0.158. The molecule has 26 heavy (non-hydrogen) atoms. The largest absolute Gasteiger partial charge is 0.454 e. The minimum absolute atomic E-state index is 0.00283. The standard InChI is InChI=1S/C19H16FN3O3/c1-22-15(13-4-7-17-18(8-13)26-11-25-17)9-23(19(22)21)10-16(24)12-2-5-14(20)6-3-12/h2-9,21H,10-11H2,1H3. The zero-order chi connectivity index (χ0) is 18.3. The molecule has 4 rings (SSSR count). The Hall–Kier alpha value is -3.35. The Morgan fingerprint density at radius 1 is 1.15 bits per heavy atom. The van der Waals surface area contributed by atoms with E-state index in [0.29, 0.717) is 17.1 Å². The normalized spacial score (nSPS) is 12.4. The van der Waals surface area contributed by atoms with Gasteiger partial charge in [-0.2, -0.15) is 0 Å². The lowest BCUT2D eigenvalue weighted by atomic mass is 10.1. The second kappa shape index (κ2) is 6.18. The Morgan fingerprint density at radius 2 is 1.88 bits per heavy atom. The number of ether oxygens (including phenoxy) is 2. The van der Waals surface area contributed by atoms with Crippen LogP contribution in [0.1, 0.15) is 10.4 Å². The monoisotopic (exact) mass is 353 g/mol. The summed E-state index contributed by atoms with van der Waals surface area (Å²) in [7, 11) is 1.76. The van der Waals surface area contributed by atoms with Crippen molar-refractivity contribution in [2.24, 2.45) is 7.05 Å². The number of halogens is 1. The van der Waals surface area contributed by atoms with Crippen LogP contribution in [0.5, 0.6) is 11.5 Å². The topological polar surface area (TPSA) is 69.2 Å².